The maximum absolute atomic E-state index is 14.7. The number of anilines is 1. The average molecular weight is 598 g/mol. The number of phenolic OH excluding ortho intramolecular Hbond substituents is 1. The van der Waals surface area contributed by atoms with E-state index in [4.69, 9.17) is 15.9 Å². The van der Waals surface area contributed by atoms with E-state index in [1.165, 1.54) is 12.1 Å². The number of carbonyl (C=O) groups excluding carboxylic acids is 3. The van der Waals surface area contributed by atoms with Crippen LogP contribution in [-0.2, 0) is 20.7 Å². The number of alkyl carbamates (subject to hydrolysis) is 1. The van der Waals surface area contributed by atoms with Crippen LogP contribution in [0, 0.1) is 18.3 Å². The van der Waals surface area contributed by atoms with Gasteiger partial charge in [0.2, 0.25) is 5.91 Å². The molecule has 1 aliphatic carbocycles. The van der Waals surface area contributed by atoms with E-state index in [1.54, 1.807) is 93.4 Å². The monoisotopic (exact) mass is 597 g/mol. The SMILES string of the molecule is C#Cc1ccccc1C(C(=O)Nc1ccc(OC)cc1)N(C(=O)C(Cc1ccc(O)cc1)NC(=O)OC(C)(C)C)C1CC1C. The van der Waals surface area contributed by atoms with Crippen LogP contribution in [0.25, 0.3) is 0 Å². The van der Waals surface area contributed by atoms with Crippen molar-refractivity contribution in [2.45, 2.75) is 64.3 Å². The Balaban J connectivity index is 1.77. The van der Waals surface area contributed by atoms with Gasteiger partial charge in [0.1, 0.15) is 29.2 Å². The molecule has 9 heteroatoms. The van der Waals surface area contributed by atoms with Crippen molar-refractivity contribution in [1.29, 1.82) is 0 Å². The second-order valence-corrected chi connectivity index (χ2v) is 11.9. The third-order valence-corrected chi connectivity index (χ3v) is 7.34. The first-order chi connectivity index (χ1) is 20.9. The van der Waals surface area contributed by atoms with Crippen LogP contribution in [0.3, 0.4) is 0 Å². The van der Waals surface area contributed by atoms with Gasteiger partial charge in [-0.3, -0.25) is 9.59 Å². The summed E-state index contributed by atoms with van der Waals surface area (Å²) in [4.78, 5) is 43.4. The van der Waals surface area contributed by atoms with Gasteiger partial charge in [-0.2, -0.15) is 0 Å². The number of phenols is 1. The first kappa shape index (κ1) is 32.0. The van der Waals surface area contributed by atoms with Gasteiger partial charge in [-0.25, -0.2) is 4.79 Å². The summed E-state index contributed by atoms with van der Waals surface area (Å²) in [5.74, 6) is 2.57. The van der Waals surface area contributed by atoms with Gasteiger partial charge in [-0.05, 0) is 86.7 Å². The normalized spacial score (nSPS) is 16.9. The molecule has 0 aliphatic heterocycles. The topological polar surface area (TPSA) is 117 Å². The average Bonchev–Trinajstić information content (AvgIpc) is 3.71. The summed E-state index contributed by atoms with van der Waals surface area (Å²) in [5, 5.41) is 15.5. The molecule has 3 aromatic rings. The van der Waals surface area contributed by atoms with Crippen LogP contribution < -0.4 is 15.4 Å². The lowest BCUT2D eigenvalue weighted by Crippen LogP contribution is -2.54. The molecule has 4 atom stereocenters. The molecule has 0 radical (unpaired) electrons. The van der Waals surface area contributed by atoms with Gasteiger partial charge in [0.25, 0.3) is 5.91 Å². The molecule has 44 heavy (non-hydrogen) atoms. The Morgan fingerprint density at radius 1 is 1.05 bits per heavy atom. The summed E-state index contributed by atoms with van der Waals surface area (Å²) in [6.07, 6.45) is 5.88. The van der Waals surface area contributed by atoms with Crippen molar-refractivity contribution < 1.29 is 29.0 Å². The minimum Gasteiger partial charge on any atom is -0.508 e. The second kappa shape index (κ2) is 13.6. The van der Waals surface area contributed by atoms with Crippen LogP contribution >= 0.6 is 0 Å². The maximum atomic E-state index is 14.7. The van der Waals surface area contributed by atoms with Gasteiger partial charge >= 0.3 is 6.09 Å². The number of hydrogen-bond acceptors (Lipinski definition) is 6. The van der Waals surface area contributed by atoms with E-state index in [9.17, 15) is 19.5 Å². The Morgan fingerprint density at radius 2 is 1.68 bits per heavy atom. The van der Waals surface area contributed by atoms with E-state index in [1.807, 2.05) is 6.92 Å². The van der Waals surface area contributed by atoms with Crippen molar-refractivity contribution in [3.63, 3.8) is 0 Å². The molecule has 3 N–H and O–H groups in total. The number of rotatable bonds is 10. The van der Waals surface area contributed by atoms with Crippen molar-refractivity contribution >= 4 is 23.6 Å². The van der Waals surface area contributed by atoms with E-state index < -0.39 is 35.6 Å². The van der Waals surface area contributed by atoms with Gasteiger partial charge in [0.15, 0.2) is 0 Å². The van der Waals surface area contributed by atoms with E-state index >= 15 is 0 Å². The summed E-state index contributed by atoms with van der Waals surface area (Å²) in [5.41, 5.74) is 1.39. The molecule has 1 fully saturated rings. The highest BCUT2D eigenvalue weighted by Crippen LogP contribution is 2.42. The largest absolute Gasteiger partial charge is 0.508 e. The molecule has 0 spiro atoms. The minimum atomic E-state index is -1.10. The Morgan fingerprint density at radius 3 is 2.25 bits per heavy atom. The fraction of sp³-hybridized carbons (Fsp3) is 0.343. The van der Waals surface area contributed by atoms with Crippen molar-refractivity contribution in [3.05, 3.63) is 89.5 Å². The first-order valence-corrected chi connectivity index (χ1v) is 14.5. The highest BCUT2D eigenvalue weighted by Gasteiger charge is 2.48. The van der Waals surface area contributed by atoms with Crippen molar-refractivity contribution in [1.82, 2.24) is 10.2 Å². The number of hydrogen-bond donors (Lipinski definition) is 3. The summed E-state index contributed by atoms with van der Waals surface area (Å²) >= 11 is 0. The molecule has 3 aromatic carbocycles. The van der Waals surface area contributed by atoms with E-state index in [2.05, 4.69) is 16.6 Å². The molecule has 0 bridgehead atoms. The lowest BCUT2D eigenvalue weighted by Gasteiger charge is -2.35. The third kappa shape index (κ3) is 8.10. The number of ether oxygens (including phenoxy) is 2. The van der Waals surface area contributed by atoms with Crippen LogP contribution in [-0.4, -0.2) is 52.7 Å². The van der Waals surface area contributed by atoms with Gasteiger partial charge in [-0.1, -0.05) is 43.2 Å². The third-order valence-electron chi connectivity index (χ3n) is 7.34. The fourth-order valence-electron chi connectivity index (χ4n) is 5.04. The number of terminal acetylenes is 1. The highest BCUT2D eigenvalue weighted by atomic mass is 16.6. The second-order valence-electron chi connectivity index (χ2n) is 11.9. The standard InChI is InChI=1S/C35H39N3O6/c1-7-24-10-8-9-11-28(24)31(32(40)36-25-14-18-27(43-6)19-15-25)38(30-20-22(30)2)33(41)29(37-34(42)44-35(3,4)5)21-23-12-16-26(39)17-13-23/h1,8-19,22,29-31,39H,20-21H2,2-6H3,(H,36,40)(H,37,42). The number of methoxy groups -OCH3 is 1. The number of carbonyl (C=O) groups is 3. The van der Waals surface area contributed by atoms with E-state index in [0.29, 0.717) is 34.5 Å². The quantitative estimate of drug-likeness (QED) is 0.268. The molecule has 0 aromatic heterocycles. The molecule has 4 rings (SSSR count). The summed E-state index contributed by atoms with van der Waals surface area (Å²) in [6, 6.07) is 17.8. The Kier molecular flexibility index (Phi) is 9.84. The molecule has 9 nitrogen and oxygen atoms in total. The molecule has 3 amide bonds. The molecule has 0 heterocycles. The van der Waals surface area contributed by atoms with Crippen LogP contribution in [0.15, 0.2) is 72.8 Å². The maximum Gasteiger partial charge on any atom is 0.408 e. The molecule has 0 saturated heterocycles. The number of nitrogens with one attached hydrogen (secondary N) is 2. The zero-order valence-corrected chi connectivity index (χ0v) is 25.7. The van der Waals surface area contributed by atoms with Crippen LogP contribution in [0.5, 0.6) is 11.5 Å². The summed E-state index contributed by atoms with van der Waals surface area (Å²) in [7, 11) is 1.56. The smallest absolute Gasteiger partial charge is 0.408 e. The molecule has 1 aliphatic rings. The van der Waals surface area contributed by atoms with Gasteiger partial charge in [-0.15, -0.1) is 6.42 Å². The number of benzene rings is 3. The molecular weight excluding hydrogens is 558 g/mol. The first-order valence-electron chi connectivity index (χ1n) is 14.5. The van der Waals surface area contributed by atoms with Gasteiger partial charge in [0, 0.05) is 23.7 Å². The summed E-state index contributed by atoms with van der Waals surface area (Å²) in [6.45, 7) is 7.21. The zero-order chi connectivity index (χ0) is 32.0. The van der Waals surface area contributed by atoms with Gasteiger partial charge in [0.05, 0.1) is 7.11 Å². The Bertz CT molecular complexity index is 1520. The van der Waals surface area contributed by atoms with Crippen LogP contribution in [0.2, 0.25) is 0 Å². The highest BCUT2D eigenvalue weighted by molar-refractivity contribution is 5.99. The number of aromatic hydroxyl groups is 1. The fourth-order valence-corrected chi connectivity index (χ4v) is 5.04. The Labute approximate surface area is 258 Å². The van der Waals surface area contributed by atoms with Crippen molar-refractivity contribution in [3.8, 4) is 23.8 Å². The molecular formula is C35H39N3O6. The predicted octanol–water partition coefficient (Wildman–Crippen LogP) is 5.43. The van der Waals surface area contributed by atoms with Crippen molar-refractivity contribution in [2.75, 3.05) is 12.4 Å². The summed E-state index contributed by atoms with van der Waals surface area (Å²) < 4.78 is 10.7. The van der Waals surface area contributed by atoms with Crippen molar-refractivity contribution in [2.24, 2.45) is 5.92 Å². The minimum absolute atomic E-state index is 0.0753. The molecule has 230 valence electrons. The van der Waals surface area contributed by atoms with Gasteiger partial charge < -0.3 is 30.1 Å². The van der Waals surface area contributed by atoms with E-state index in [0.717, 1.165) is 0 Å². The number of amides is 3. The van der Waals surface area contributed by atoms with Crippen LogP contribution in [0.4, 0.5) is 10.5 Å². The number of nitrogens with zero attached hydrogens (tertiary/aromatic N) is 1. The lowest BCUT2D eigenvalue weighted by atomic mass is 9.96. The molecule has 4 unspecified atom stereocenters. The van der Waals surface area contributed by atoms with Crippen LogP contribution in [0.1, 0.15) is 56.8 Å². The predicted molar refractivity (Wildman–Crippen MR) is 168 cm³/mol. The van der Waals surface area contributed by atoms with E-state index in [-0.39, 0.29) is 24.1 Å². The lowest BCUT2D eigenvalue weighted by molar-refractivity contribution is -0.141. The zero-order valence-electron chi connectivity index (χ0n) is 25.7. The molecule has 1 saturated carbocycles. The Hall–Kier alpha value is -4.97.